The van der Waals surface area contributed by atoms with Crippen molar-refractivity contribution in [3.05, 3.63) is 77.4 Å². The molecule has 0 N–H and O–H groups in total. The summed E-state index contributed by atoms with van der Waals surface area (Å²) in [5, 5.41) is 0. The highest BCUT2D eigenvalue weighted by Crippen LogP contribution is 2.39. The number of benzene rings is 3. The van der Waals surface area contributed by atoms with E-state index in [4.69, 9.17) is 23.9 Å². The summed E-state index contributed by atoms with van der Waals surface area (Å²) in [6.07, 6.45) is -7.74. The molecule has 54 heavy (non-hydrogen) atoms. The van der Waals surface area contributed by atoms with Gasteiger partial charge in [0.1, 0.15) is 6.61 Å². The summed E-state index contributed by atoms with van der Waals surface area (Å²) in [5.41, 5.74) is 1.48. The summed E-state index contributed by atoms with van der Waals surface area (Å²) >= 11 is 0. The molecule has 3 aromatic carbocycles. The van der Waals surface area contributed by atoms with Crippen molar-refractivity contribution < 1.29 is 50.1 Å². The van der Waals surface area contributed by atoms with Crippen LogP contribution in [-0.2, 0) is 17.5 Å². The zero-order valence-electron chi connectivity index (χ0n) is 30.7. The molecule has 0 saturated carbocycles. The minimum absolute atomic E-state index is 0.136. The van der Waals surface area contributed by atoms with Crippen molar-refractivity contribution in [3.63, 3.8) is 0 Å². The number of likely N-dealkylation sites (N-methyl/N-ethyl adjacent to an activating group) is 1. The van der Waals surface area contributed by atoms with Gasteiger partial charge in [0.05, 0.1) is 44.5 Å². The first-order chi connectivity index (χ1) is 25.7. The lowest BCUT2D eigenvalue weighted by molar-refractivity contribution is -0.174. The second-order valence-corrected chi connectivity index (χ2v) is 13.1. The summed E-state index contributed by atoms with van der Waals surface area (Å²) < 4.78 is 103. The average Bonchev–Trinajstić information content (AvgIpc) is 3.34. The first-order valence-corrected chi connectivity index (χ1v) is 17.5. The van der Waals surface area contributed by atoms with Gasteiger partial charge < -0.3 is 38.2 Å². The molecule has 0 radical (unpaired) electrons. The van der Waals surface area contributed by atoms with E-state index in [2.05, 4.69) is 9.80 Å². The van der Waals surface area contributed by atoms with E-state index >= 15 is 0 Å². The Morgan fingerprint density at radius 3 is 2.26 bits per heavy atom. The summed E-state index contributed by atoms with van der Waals surface area (Å²) in [7, 11) is 5.94. The standard InChI is InChI=1S/C38H45F6N5O5/c1-46(35(50)28-22-32(51-2)34(53-4)33(23-28)52-3)24-27(26-9-7-10-29(21-26)38(42,43)44)13-16-47-14-8-15-48(18-17-47)36-45-30-11-5-6-12-31(30)49(36)19-20-54-25-37(39,40)41/h5-7,9-12,21-23,27H,8,13-20,24-25H2,1-4H3. The van der Waals surface area contributed by atoms with Gasteiger partial charge in [-0.1, -0.05) is 30.3 Å². The van der Waals surface area contributed by atoms with Crippen LogP contribution in [0.15, 0.2) is 60.7 Å². The molecule has 0 spiro atoms. The topological polar surface area (TPSA) is 81.5 Å². The maximum atomic E-state index is 13.8. The van der Waals surface area contributed by atoms with Crippen LogP contribution in [-0.4, -0.2) is 112 Å². The summed E-state index contributed by atoms with van der Waals surface area (Å²) in [6, 6.07) is 15.7. The van der Waals surface area contributed by atoms with Crippen molar-refractivity contribution >= 4 is 22.9 Å². The number of halogens is 6. The molecular weight excluding hydrogens is 720 g/mol. The first kappa shape index (κ1) is 40.5. The number of para-hydroxylation sites is 2. The number of hydrogen-bond acceptors (Lipinski definition) is 8. The summed E-state index contributed by atoms with van der Waals surface area (Å²) in [5.74, 6) is 0.741. The number of imidazole rings is 1. The Hall–Kier alpha value is -4.70. The van der Waals surface area contributed by atoms with Crippen LogP contribution in [0.4, 0.5) is 32.3 Å². The van der Waals surface area contributed by atoms with Gasteiger partial charge in [0, 0.05) is 51.3 Å². The number of alkyl halides is 6. The Labute approximate surface area is 310 Å². The molecule has 0 bridgehead atoms. The number of rotatable bonds is 15. The van der Waals surface area contributed by atoms with Crippen LogP contribution in [0.5, 0.6) is 17.2 Å². The Balaban J connectivity index is 1.31. The predicted molar refractivity (Wildman–Crippen MR) is 192 cm³/mol. The lowest BCUT2D eigenvalue weighted by Gasteiger charge is -2.28. The number of methoxy groups -OCH3 is 3. The number of nitrogens with zero attached hydrogens (tertiary/aromatic N) is 5. The molecule has 1 saturated heterocycles. The molecule has 294 valence electrons. The second kappa shape index (κ2) is 17.6. The van der Waals surface area contributed by atoms with Crippen molar-refractivity contribution in [1.29, 1.82) is 0 Å². The van der Waals surface area contributed by atoms with Crippen LogP contribution in [0.1, 0.15) is 40.2 Å². The third-order valence-corrected chi connectivity index (χ3v) is 9.46. The zero-order chi connectivity index (χ0) is 39.0. The maximum Gasteiger partial charge on any atom is 0.416 e. The number of ether oxygens (including phenoxy) is 4. The van der Waals surface area contributed by atoms with Crippen LogP contribution >= 0.6 is 0 Å². The average molecular weight is 766 g/mol. The normalized spacial score (nSPS) is 14.9. The molecule has 2 heterocycles. The number of carbonyl (C=O) groups excluding carboxylic acids is 1. The number of aromatic nitrogens is 2. The van der Waals surface area contributed by atoms with Crippen LogP contribution in [0.2, 0.25) is 0 Å². The molecule has 16 heteroatoms. The van der Waals surface area contributed by atoms with Crippen molar-refractivity contribution in [2.45, 2.75) is 37.7 Å². The second-order valence-electron chi connectivity index (χ2n) is 13.1. The third-order valence-electron chi connectivity index (χ3n) is 9.46. The number of carbonyl (C=O) groups is 1. The van der Waals surface area contributed by atoms with E-state index in [1.54, 1.807) is 13.1 Å². The molecule has 1 aliphatic rings. The molecule has 1 unspecified atom stereocenters. The van der Waals surface area contributed by atoms with Gasteiger partial charge in [-0.05, 0) is 61.8 Å². The minimum atomic E-state index is -4.53. The van der Waals surface area contributed by atoms with Gasteiger partial charge in [-0.25, -0.2) is 4.98 Å². The van der Waals surface area contributed by atoms with Crippen LogP contribution < -0.4 is 19.1 Å². The largest absolute Gasteiger partial charge is 0.493 e. The van der Waals surface area contributed by atoms with E-state index in [0.717, 1.165) is 29.6 Å². The van der Waals surface area contributed by atoms with E-state index in [1.165, 1.54) is 44.4 Å². The molecule has 0 aliphatic carbocycles. The molecule has 5 rings (SSSR count). The lowest BCUT2D eigenvalue weighted by atomic mass is 9.93. The number of fused-ring (bicyclic) bond motifs is 1. The van der Waals surface area contributed by atoms with E-state index < -0.39 is 30.4 Å². The smallest absolute Gasteiger partial charge is 0.416 e. The quantitative estimate of drug-likeness (QED) is 0.0936. The third kappa shape index (κ3) is 10.1. The van der Waals surface area contributed by atoms with Gasteiger partial charge in [-0.15, -0.1) is 0 Å². The van der Waals surface area contributed by atoms with Gasteiger partial charge >= 0.3 is 12.4 Å². The van der Waals surface area contributed by atoms with Crippen LogP contribution in [0, 0.1) is 0 Å². The van der Waals surface area contributed by atoms with Crippen molar-refractivity contribution in [2.75, 3.05) is 85.8 Å². The summed E-state index contributed by atoms with van der Waals surface area (Å²) in [4.78, 5) is 24.4. The van der Waals surface area contributed by atoms with E-state index in [1.807, 2.05) is 28.8 Å². The monoisotopic (exact) mass is 765 g/mol. The van der Waals surface area contributed by atoms with Gasteiger partial charge in [-0.3, -0.25) is 4.79 Å². The fraction of sp³-hybridized carbons (Fsp3) is 0.474. The number of amides is 1. The highest BCUT2D eigenvalue weighted by atomic mass is 19.4. The molecule has 4 aromatic rings. The lowest BCUT2D eigenvalue weighted by Crippen LogP contribution is -2.35. The fourth-order valence-electron chi connectivity index (χ4n) is 6.77. The Morgan fingerprint density at radius 1 is 0.870 bits per heavy atom. The predicted octanol–water partition coefficient (Wildman–Crippen LogP) is 7.12. The highest BCUT2D eigenvalue weighted by molar-refractivity contribution is 5.95. The first-order valence-electron chi connectivity index (χ1n) is 17.5. The van der Waals surface area contributed by atoms with Gasteiger partial charge in [0.2, 0.25) is 11.7 Å². The molecular formula is C38H45F6N5O5. The van der Waals surface area contributed by atoms with Gasteiger partial charge in [0.25, 0.3) is 5.91 Å². The van der Waals surface area contributed by atoms with E-state index in [0.29, 0.717) is 67.9 Å². The molecule has 1 aliphatic heterocycles. The minimum Gasteiger partial charge on any atom is -0.493 e. The Bertz CT molecular complexity index is 1840. The van der Waals surface area contributed by atoms with Gasteiger partial charge in [-0.2, -0.15) is 26.3 Å². The summed E-state index contributed by atoms with van der Waals surface area (Å²) in [6.45, 7) is 1.94. The number of hydrogen-bond donors (Lipinski definition) is 0. The van der Waals surface area contributed by atoms with Crippen LogP contribution in [0.3, 0.4) is 0 Å². The van der Waals surface area contributed by atoms with E-state index in [-0.39, 0.29) is 31.2 Å². The Kier molecular flexibility index (Phi) is 13.2. The van der Waals surface area contributed by atoms with E-state index in [9.17, 15) is 31.1 Å². The van der Waals surface area contributed by atoms with Crippen molar-refractivity contribution in [2.24, 2.45) is 0 Å². The number of anilines is 1. The Morgan fingerprint density at radius 2 is 1.59 bits per heavy atom. The molecule has 1 amide bonds. The SMILES string of the molecule is COc1cc(C(=O)N(C)CC(CCN2CCCN(c3nc4ccccc4n3CCOCC(F)(F)F)CC2)c2cccc(C(F)(F)F)c2)cc(OC)c1OC. The fourth-order valence-corrected chi connectivity index (χ4v) is 6.77. The molecule has 1 aromatic heterocycles. The maximum absolute atomic E-state index is 13.8. The molecule has 10 nitrogen and oxygen atoms in total. The molecule has 1 fully saturated rings. The highest BCUT2D eigenvalue weighted by Gasteiger charge is 2.32. The van der Waals surface area contributed by atoms with Gasteiger partial charge in [0.15, 0.2) is 11.5 Å². The zero-order valence-corrected chi connectivity index (χ0v) is 30.7. The van der Waals surface area contributed by atoms with Crippen molar-refractivity contribution in [3.8, 4) is 17.2 Å². The molecule has 1 atom stereocenters. The van der Waals surface area contributed by atoms with Crippen molar-refractivity contribution in [1.82, 2.24) is 19.4 Å². The van der Waals surface area contributed by atoms with Crippen LogP contribution in [0.25, 0.3) is 11.0 Å².